The second-order valence-corrected chi connectivity index (χ2v) is 9.67. The van der Waals surface area contributed by atoms with E-state index in [-0.39, 0.29) is 22.4 Å². The molecule has 1 amide bonds. The van der Waals surface area contributed by atoms with Crippen LogP contribution in [0, 0.1) is 13.8 Å². The average Bonchev–Trinajstić information content (AvgIpc) is 3.20. The van der Waals surface area contributed by atoms with Gasteiger partial charge in [0, 0.05) is 11.7 Å². The number of anilines is 1. The first-order valence-electron chi connectivity index (χ1n) is 10.4. The lowest BCUT2D eigenvalue weighted by molar-refractivity contribution is -0.129. The van der Waals surface area contributed by atoms with Gasteiger partial charge in [0.05, 0.1) is 10.5 Å². The number of sulfonamides is 1. The van der Waals surface area contributed by atoms with E-state index in [2.05, 4.69) is 10.0 Å². The molecule has 2 aromatic carbocycles. The molecule has 1 atom stereocenters. The van der Waals surface area contributed by atoms with Crippen molar-refractivity contribution in [2.24, 2.45) is 0 Å². The largest absolute Gasteiger partial charge is 0.449 e. The van der Waals surface area contributed by atoms with Crippen LogP contribution in [0.15, 0.2) is 47.4 Å². The SMILES string of the molecule is Cc1cccc(NS(=O)(=O)c2ccc(C)c(C(=O)OC(C)C(=O)NC3CCCC3)c2)c1. The van der Waals surface area contributed by atoms with E-state index in [1.807, 2.05) is 13.0 Å². The number of ether oxygens (including phenoxy) is 1. The van der Waals surface area contributed by atoms with Crippen molar-refractivity contribution in [3.05, 3.63) is 59.2 Å². The highest BCUT2D eigenvalue weighted by molar-refractivity contribution is 7.92. The Kier molecular flexibility index (Phi) is 7.00. The van der Waals surface area contributed by atoms with E-state index >= 15 is 0 Å². The van der Waals surface area contributed by atoms with Gasteiger partial charge < -0.3 is 10.1 Å². The van der Waals surface area contributed by atoms with E-state index in [0.29, 0.717) is 11.3 Å². The van der Waals surface area contributed by atoms with Crippen molar-refractivity contribution in [1.29, 1.82) is 0 Å². The first kappa shape index (κ1) is 22.8. The number of hydrogen-bond donors (Lipinski definition) is 2. The van der Waals surface area contributed by atoms with Gasteiger partial charge in [-0.15, -0.1) is 0 Å². The molecule has 31 heavy (non-hydrogen) atoms. The fourth-order valence-electron chi connectivity index (χ4n) is 3.58. The van der Waals surface area contributed by atoms with Crippen molar-refractivity contribution >= 4 is 27.6 Å². The number of benzene rings is 2. The van der Waals surface area contributed by atoms with E-state index in [9.17, 15) is 18.0 Å². The number of rotatable bonds is 7. The molecule has 0 bridgehead atoms. The van der Waals surface area contributed by atoms with Crippen molar-refractivity contribution in [1.82, 2.24) is 5.32 Å². The van der Waals surface area contributed by atoms with Crippen LogP contribution < -0.4 is 10.0 Å². The van der Waals surface area contributed by atoms with Crippen LogP contribution in [0.3, 0.4) is 0 Å². The topological polar surface area (TPSA) is 102 Å². The summed E-state index contributed by atoms with van der Waals surface area (Å²) in [6.45, 7) is 5.06. The lowest BCUT2D eigenvalue weighted by Crippen LogP contribution is -2.40. The quantitative estimate of drug-likeness (QED) is 0.634. The fraction of sp³-hybridized carbons (Fsp3) is 0.391. The van der Waals surface area contributed by atoms with Crippen molar-refractivity contribution in [3.63, 3.8) is 0 Å². The average molecular weight is 445 g/mol. The Morgan fingerprint density at radius 2 is 1.77 bits per heavy atom. The molecule has 7 nitrogen and oxygen atoms in total. The molecule has 2 aromatic rings. The van der Waals surface area contributed by atoms with Crippen LogP contribution in [0.5, 0.6) is 0 Å². The Labute approximate surface area is 183 Å². The van der Waals surface area contributed by atoms with Gasteiger partial charge in [-0.25, -0.2) is 13.2 Å². The summed E-state index contributed by atoms with van der Waals surface area (Å²) in [4.78, 5) is 24.9. The standard InChI is InChI=1S/C23H28N2O5S/c1-15-7-6-10-19(13-15)25-31(28,29)20-12-11-16(2)21(14-20)23(27)30-17(3)22(26)24-18-8-4-5-9-18/h6-7,10-14,17-18,25H,4-5,8-9H2,1-3H3,(H,24,26). The summed E-state index contributed by atoms with van der Waals surface area (Å²) >= 11 is 0. The summed E-state index contributed by atoms with van der Waals surface area (Å²) in [5, 5.41) is 2.90. The maximum absolute atomic E-state index is 12.8. The minimum atomic E-state index is -3.90. The molecule has 2 N–H and O–H groups in total. The second-order valence-electron chi connectivity index (χ2n) is 7.99. The first-order valence-corrected chi connectivity index (χ1v) is 11.9. The first-order chi connectivity index (χ1) is 14.7. The molecule has 1 aliphatic rings. The third-order valence-electron chi connectivity index (χ3n) is 5.36. The van der Waals surface area contributed by atoms with Crippen LogP contribution in [0.1, 0.15) is 54.1 Å². The molecule has 166 valence electrons. The minimum Gasteiger partial charge on any atom is -0.449 e. The molecule has 1 fully saturated rings. The number of nitrogens with one attached hydrogen (secondary N) is 2. The molecule has 0 heterocycles. The van der Waals surface area contributed by atoms with Crippen LogP contribution >= 0.6 is 0 Å². The van der Waals surface area contributed by atoms with Crippen molar-refractivity contribution < 1.29 is 22.7 Å². The van der Waals surface area contributed by atoms with Crippen molar-refractivity contribution in [3.8, 4) is 0 Å². The van der Waals surface area contributed by atoms with E-state index in [4.69, 9.17) is 4.74 Å². The second kappa shape index (κ2) is 9.51. The maximum atomic E-state index is 12.8. The number of hydrogen-bond acceptors (Lipinski definition) is 5. The van der Waals surface area contributed by atoms with Crippen LogP contribution in [0.4, 0.5) is 5.69 Å². The molecular weight excluding hydrogens is 416 g/mol. The summed E-state index contributed by atoms with van der Waals surface area (Å²) < 4.78 is 33.4. The van der Waals surface area contributed by atoms with Gasteiger partial charge in [0.1, 0.15) is 0 Å². The lowest BCUT2D eigenvalue weighted by Gasteiger charge is -2.18. The molecule has 0 aliphatic heterocycles. The normalized spacial score (nSPS) is 15.3. The maximum Gasteiger partial charge on any atom is 0.339 e. The lowest BCUT2D eigenvalue weighted by atomic mass is 10.1. The molecule has 1 aliphatic carbocycles. The monoisotopic (exact) mass is 444 g/mol. The minimum absolute atomic E-state index is 0.0605. The summed E-state index contributed by atoms with van der Waals surface area (Å²) in [6, 6.07) is 11.4. The smallest absolute Gasteiger partial charge is 0.339 e. The Hall–Kier alpha value is -2.87. The van der Waals surface area contributed by atoms with Gasteiger partial charge in [-0.1, -0.05) is 31.0 Å². The molecule has 1 saturated carbocycles. The van der Waals surface area contributed by atoms with Gasteiger partial charge in [-0.2, -0.15) is 0 Å². The van der Waals surface area contributed by atoms with Crippen LogP contribution in [0.25, 0.3) is 0 Å². The van der Waals surface area contributed by atoms with Gasteiger partial charge in [0.2, 0.25) is 0 Å². The summed E-state index contributed by atoms with van der Waals surface area (Å²) in [5.74, 6) is -1.08. The molecule has 0 saturated heterocycles. The third-order valence-corrected chi connectivity index (χ3v) is 6.74. The van der Waals surface area contributed by atoms with Crippen molar-refractivity contribution in [2.75, 3.05) is 4.72 Å². The van der Waals surface area contributed by atoms with Crippen LogP contribution in [-0.2, 0) is 19.6 Å². The molecule has 0 radical (unpaired) electrons. The zero-order chi connectivity index (χ0) is 22.6. The van der Waals surface area contributed by atoms with Gasteiger partial charge in [-0.3, -0.25) is 9.52 Å². The summed E-state index contributed by atoms with van der Waals surface area (Å²) in [5.41, 5.74) is 2.01. The fourth-order valence-corrected chi connectivity index (χ4v) is 4.65. The Bertz CT molecular complexity index is 1080. The van der Waals surface area contributed by atoms with Crippen molar-refractivity contribution in [2.45, 2.75) is 63.5 Å². The van der Waals surface area contributed by atoms with E-state index < -0.39 is 22.1 Å². The number of carbonyl (C=O) groups excluding carboxylic acids is 2. The molecule has 1 unspecified atom stereocenters. The van der Waals surface area contributed by atoms with Gasteiger partial charge in [0.15, 0.2) is 6.10 Å². The molecule has 0 spiro atoms. The Morgan fingerprint density at radius 1 is 1.06 bits per heavy atom. The highest BCUT2D eigenvalue weighted by atomic mass is 32.2. The number of aryl methyl sites for hydroxylation is 2. The predicted octanol–water partition coefficient (Wildman–Crippen LogP) is 3.71. The molecule has 0 aromatic heterocycles. The van der Waals surface area contributed by atoms with E-state index in [1.54, 1.807) is 31.2 Å². The number of carbonyl (C=O) groups is 2. The third kappa shape index (κ3) is 5.85. The molecular formula is C23H28N2O5S. The predicted molar refractivity (Wildman–Crippen MR) is 118 cm³/mol. The highest BCUT2D eigenvalue weighted by Gasteiger charge is 2.25. The molecule has 3 rings (SSSR count). The highest BCUT2D eigenvalue weighted by Crippen LogP contribution is 2.21. The Balaban J connectivity index is 1.73. The van der Waals surface area contributed by atoms with E-state index in [1.165, 1.54) is 19.1 Å². The Morgan fingerprint density at radius 3 is 2.45 bits per heavy atom. The summed E-state index contributed by atoms with van der Waals surface area (Å²) in [7, 11) is -3.90. The zero-order valence-corrected chi connectivity index (χ0v) is 18.8. The van der Waals surface area contributed by atoms with Crippen LogP contribution in [-0.4, -0.2) is 32.4 Å². The van der Waals surface area contributed by atoms with Gasteiger partial charge in [0.25, 0.3) is 15.9 Å². The van der Waals surface area contributed by atoms with Gasteiger partial charge in [-0.05, 0) is 69.0 Å². The van der Waals surface area contributed by atoms with Crippen LogP contribution in [0.2, 0.25) is 0 Å². The number of amides is 1. The van der Waals surface area contributed by atoms with Gasteiger partial charge >= 0.3 is 5.97 Å². The number of esters is 1. The van der Waals surface area contributed by atoms with E-state index in [0.717, 1.165) is 31.2 Å². The summed E-state index contributed by atoms with van der Waals surface area (Å²) in [6.07, 6.45) is 3.04. The zero-order valence-electron chi connectivity index (χ0n) is 18.0. The molecule has 8 heteroatoms.